The molecule has 0 amide bonds. The lowest BCUT2D eigenvalue weighted by molar-refractivity contribution is -0.252. The first-order valence-electron chi connectivity index (χ1n) is 3.96. The van der Waals surface area contributed by atoms with E-state index in [1.54, 1.807) is 0 Å². The van der Waals surface area contributed by atoms with Gasteiger partial charge >= 0.3 is 6.30 Å². The van der Waals surface area contributed by atoms with Gasteiger partial charge in [0.25, 0.3) is 0 Å². The molecular weight excluding hydrogens is 171 g/mol. The van der Waals surface area contributed by atoms with Gasteiger partial charge in [0.1, 0.15) is 0 Å². The zero-order valence-electron chi connectivity index (χ0n) is 6.64. The predicted octanol–water partition coefficient (Wildman–Crippen LogP) is 1.21. The Morgan fingerprint density at radius 1 is 1.25 bits per heavy atom. The minimum Gasteiger partial charge on any atom is -0.396 e. The Bertz CT molecular complexity index is 140. The van der Waals surface area contributed by atoms with Gasteiger partial charge in [0.05, 0.1) is 0 Å². The molecule has 5 heteroatoms. The molecule has 1 N–H and O–H groups in total. The van der Waals surface area contributed by atoms with Gasteiger partial charge in [-0.3, -0.25) is 0 Å². The Kier molecular flexibility index (Phi) is 2.95. The first kappa shape index (κ1) is 9.80. The molecule has 0 aromatic heterocycles. The van der Waals surface area contributed by atoms with Crippen molar-refractivity contribution in [1.29, 1.82) is 0 Å². The van der Waals surface area contributed by atoms with Gasteiger partial charge in [-0.25, -0.2) is 4.90 Å². The van der Waals surface area contributed by atoms with Crippen LogP contribution in [0.15, 0.2) is 0 Å². The molecule has 1 rings (SSSR count). The number of nitrogens with zero attached hydrogens (tertiary/aromatic N) is 1. The predicted molar refractivity (Wildman–Crippen MR) is 37.4 cm³/mol. The molecule has 72 valence electrons. The topological polar surface area (TPSA) is 23.5 Å². The zero-order valence-corrected chi connectivity index (χ0v) is 6.64. The van der Waals surface area contributed by atoms with Crippen LogP contribution >= 0.6 is 0 Å². The Hall–Kier alpha value is -0.290. The molecule has 0 saturated carbocycles. The van der Waals surface area contributed by atoms with Crippen LogP contribution in [-0.2, 0) is 0 Å². The smallest absolute Gasteiger partial charge is 0.396 e. The van der Waals surface area contributed by atoms with Gasteiger partial charge in [0.2, 0.25) is 0 Å². The summed E-state index contributed by atoms with van der Waals surface area (Å²) in [7, 11) is 0. The highest BCUT2D eigenvalue weighted by molar-refractivity contribution is 4.72. The van der Waals surface area contributed by atoms with Gasteiger partial charge in [-0.05, 0) is 18.8 Å². The molecule has 0 bridgehead atoms. The summed E-state index contributed by atoms with van der Waals surface area (Å²) in [5.74, 6) is 0.0589. The average Bonchev–Trinajstić information content (AvgIpc) is 2.03. The summed E-state index contributed by atoms with van der Waals surface area (Å²) in [5, 5.41) is 8.68. The fraction of sp³-hybridized carbons (Fsp3) is 1.00. The van der Waals surface area contributed by atoms with Crippen LogP contribution in [0.4, 0.5) is 13.2 Å². The molecule has 1 fully saturated rings. The number of alkyl halides is 3. The summed E-state index contributed by atoms with van der Waals surface area (Å²) < 4.78 is 36.1. The quantitative estimate of drug-likeness (QED) is 0.617. The van der Waals surface area contributed by atoms with Crippen molar-refractivity contribution >= 4 is 0 Å². The lowest BCUT2D eigenvalue weighted by atomic mass is 9.98. The number of hydrogen-bond donors (Lipinski definition) is 1. The number of aliphatic hydroxyl groups is 1. The summed E-state index contributed by atoms with van der Waals surface area (Å²) in [6, 6.07) is 0. The van der Waals surface area contributed by atoms with E-state index in [1.807, 2.05) is 0 Å². The molecule has 0 radical (unpaired) electrons. The lowest BCUT2D eigenvalue weighted by Crippen LogP contribution is -2.44. The Morgan fingerprint density at radius 3 is 2.08 bits per heavy atom. The molecule has 1 aliphatic rings. The summed E-state index contributed by atoms with van der Waals surface area (Å²) in [6.45, 7) is 0.0507. The Balaban J connectivity index is 2.36. The van der Waals surface area contributed by atoms with E-state index >= 15 is 0 Å². The van der Waals surface area contributed by atoms with E-state index in [0.29, 0.717) is 17.7 Å². The molecule has 0 aromatic rings. The van der Waals surface area contributed by atoms with Gasteiger partial charge < -0.3 is 5.11 Å². The zero-order chi connectivity index (χ0) is 9.19. The summed E-state index contributed by atoms with van der Waals surface area (Å²) in [5.41, 5.74) is 0. The molecule has 1 heterocycles. The summed E-state index contributed by atoms with van der Waals surface area (Å²) in [4.78, 5) is 0.499. The van der Waals surface area contributed by atoms with Crippen LogP contribution in [0.2, 0.25) is 0 Å². The molecule has 12 heavy (non-hydrogen) atoms. The Labute approximate surface area is 69.0 Å². The van der Waals surface area contributed by atoms with Crippen molar-refractivity contribution in [2.24, 2.45) is 5.92 Å². The van der Waals surface area contributed by atoms with E-state index in [9.17, 15) is 13.2 Å². The van der Waals surface area contributed by atoms with Crippen LogP contribution in [0.5, 0.6) is 0 Å². The van der Waals surface area contributed by atoms with Crippen LogP contribution in [0.25, 0.3) is 0 Å². The van der Waals surface area contributed by atoms with E-state index in [1.165, 1.54) is 0 Å². The number of hydrogen-bond acceptors (Lipinski definition) is 2. The molecule has 0 aromatic carbocycles. The SMILES string of the molecule is OCC1CCN(C(F)(F)F)CC1. The second kappa shape index (κ2) is 3.62. The largest absolute Gasteiger partial charge is 0.459 e. The minimum atomic E-state index is -4.19. The van der Waals surface area contributed by atoms with E-state index in [4.69, 9.17) is 5.11 Å². The second-order valence-electron chi connectivity index (χ2n) is 3.08. The molecule has 0 spiro atoms. The minimum absolute atomic E-state index is 0.00565. The first-order chi connectivity index (χ1) is 5.54. The number of aliphatic hydroxyl groups excluding tert-OH is 1. The number of halogens is 3. The van der Waals surface area contributed by atoms with Crippen molar-refractivity contribution < 1.29 is 18.3 Å². The van der Waals surface area contributed by atoms with Crippen molar-refractivity contribution in [2.75, 3.05) is 19.7 Å². The van der Waals surface area contributed by atoms with Gasteiger partial charge in [-0.15, -0.1) is 0 Å². The second-order valence-corrected chi connectivity index (χ2v) is 3.08. The summed E-state index contributed by atoms with van der Waals surface area (Å²) in [6.07, 6.45) is -3.31. The van der Waals surface area contributed by atoms with Crippen LogP contribution in [0, 0.1) is 5.92 Å². The Morgan fingerprint density at radius 2 is 1.75 bits per heavy atom. The average molecular weight is 183 g/mol. The molecule has 0 atom stereocenters. The van der Waals surface area contributed by atoms with Gasteiger partial charge in [0.15, 0.2) is 0 Å². The molecule has 2 nitrogen and oxygen atoms in total. The van der Waals surface area contributed by atoms with Crippen LogP contribution < -0.4 is 0 Å². The van der Waals surface area contributed by atoms with Crippen LogP contribution in [-0.4, -0.2) is 36.0 Å². The standard InChI is InChI=1S/C7H12F3NO/c8-7(9,10)11-3-1-6(5-12)2-4-11/h6,12H,1-5H2. The molecule has 1 aliphatic heterocycles. The van der Waals surface area contributed by atoms with E-state index in [-0.39, 0.29) is 25.6 Å². The lowest BCUT2D eigenvalue weighted by Gasteiger charge is -2.31. The van der Waals surface area contributed by atoms with Crippen LogP contribution in [0.3, 0.4) is 0 Å². The molecule has 0 aliphatic carbocycles. The van der Waals surface area contributed by atoms with E-state index in [0.717, 1.165) is 0 Å². The highest BCUT2D eigenvalue weighted by Gasteiger charge is 2.38. The monoisotopic (exact) mass is 183 g/mol. The molecule has 0 unspecified atom stereocenters. The van der Waals surface area contributed by atoms with Crippen molar-refractivity contribution in [2.45, 2.75) is 19.1 Å². The fourth-order valence-corrected chi connectivity index (χ4v) is 1.37. The van der Waals surface area contributed by atoms with Crippen LogP contribution in [0.1, 0.15) is 12.8 Å². The van der Waals surface area contributed by atoms with Crippen molar-refractivity contribution in [1.82, 2.24) is 4.90 Å². The molecular formula is C7H12F3NO. The van der Waals surface area contributed by atoms with Gasteiger partial charge in [-0.2, -0.15) is 13.2 Å². The number of likely N-dealkylation sites (tertiary alicyclic amines) is 1. The molecule has 1 saturated heterocycles. The number of piperidine rings is 1. The maximum absolute atomic E-state index is 12.0. The highest BCUT2D eigenvalue weighted by Crippen LogP contribution is 2.27. The van der Waals surface area contributed by atoms with E-state index in [2.05, 4.69) is 0 Å². The maximum Gasteiger partial charge on any atom is 0.459 e. The third kappa shape index (κ3) is 2.35. The third-order valence-electron chi connectivity index (χ3n) is 2.23. The van der Waals surface area contributed by atoms with Crippen molar-refractivity contribution in [3.8, 4) is 0 Å². The highest BCUT2D eigenvalue weighted by atomic mass is 19.4. The van der Waals surface area contributed by atoms with Gasteiger partial charge in [0, 0.05) is 19.7 Å². The fourth-order valence-electron chi connectivity index (χ4n) is 1.37. The normalized spacial score (nSPS) is 23.0. The van der Waals surface area contributed by atoms with E-state index < -0.39 is 6.30 Å². The maximum atomic E-state index is 12.0. The van der Waals surface area contributed by atoms with Crippen molar-refractivity contribution in [3.63, 3.8) is 0 Å². The summed E-state index contributed by atoms with van der Waals surface area (Å²) >= 11 is 0. The number of rotatable bonds is 1. The van der Waals surface area contributed by atoms with Crippen molar-refractivity contribution in [3.05, 3.63) is 0 Å². The first-order valence-corrected chi connectivity index (χ1v) is 3.96. The van der Waals surface area contributed by atoms with Gasteiger partial charge in [-0.1, -0.05) is 0 Å². The third-order valence-corrected chi connectivity index (χ3v) is 2.23.